The van der Waals surface area contributed by atoms with Crippen LogP contribution in [0.25, 0.3) is 0 Å². The maximum absolute atomic E-state index is 12.5. The molecule has 1 aromatic rings. The third kappa shape index (κ3) is 6.14. The fraction of sp³-hybridized carbons (Fsp3) is 0.632. The second-order valence-electron chi connectivity index (χ2n) is 7.36. The van der Waals surface area contributed by atoms with Gasteiger partial charge in [0, 0.05) is 38.6 Å². The maximum atomic E-state index is 12.5. The molecule has 2 aliphatic rings. The highest BCUT2D eigenvalue weighted by atomic mass is 35.5. The van der Waals surface area contributed by atoms with Crippen molar-refractivity contribution in [1.29, 1.82) is 0 Å². The van der Waals surface area contributed by atoms with Crippen LogP contribution in [0, 0.1) is 11.8 Å². The van der Waals surface area contributed by atoms with Gasteiger partial charge in [0.2, 0.25) is 5.91 Å². The summed E-state index contributed by atoms with van der Waals surface area (Å²) in [5.74, 6) is 1.07. The molecule has 0 aromatic heterocycles. The molecule has 0 bridgehead atoms. The van der Waals surface area contributed by atoms with E-state index in [1.54, 1.807) is 0 Å². The summed E-state index contributed by atoms with van der Waals surface area (Å²) >= 11 is 0. The first-order chi connectivity index (χ1) is 11.1. The van der Waals surface area contributed by atoms with E-state index in [4.69, 9.17) is 5.73 Å². The van der Waals surface area contributed by atoms with Gasteiger partial charge in [-0.3, -0.25) is 9.69 Å². The molecule has 4 nitrogen and oxygen atoms in total. The van der Waals surface area contributed by atoms with Gasteiger partial charge >= 0.3 is 0 Å². The molecular formula is C19H31Cl2N3O. The fourth-order valence-corrected chi connectivity index (χ4v) is 4.08. The van der Waals surface area contributed by atoms with Gasteiger partial charge in [0.25, 0.3) is 0 Å². The van der Waals surface area contributed by atoms with Gasteiger partial charge in [0.15, 0.2) is 0 Å². The van der Waals surface area contributed by atoms with E-state index < -0.39 is 0 Å². The average molecular weight is 388 g/mol. The SMILES string of the molecule is CN(CC1CCN(Cc2ccccc2)C1)C(=O)C1CCC(N)C1.Cl.Cl. The van der Waals surface area contributed by atoms with Crippen LogP contribution in [0.5, 0.6) is 0 Å². The molecule has 0 radical (unpaired) electrons. The van der Waals surface area contributed by atoms with Crippen LogP contribution in [-0.2, 0) is 11.3 Å². The summed E-state index contributed by atoms with van der Waals surface area (Å²) < 4.78 is 0. The third-order valence-corrected chi connectivity index (χ3v) is 5.35. The highest BCUT2D eigenvalue weighted by molar-refractivity contribution is 5.85. The molecule has 1 aliphatic heterocycles. The number of hydrogen-bond donors (Lipinski definition) is 1. The smallest absolute Gasteiger partial charge is 0.225 e. The Morgan fingerprint density at radius 3 is 2.56 bits per heavy atom. The summed E-state index contributed by atoms with van der Waals surface area (Å²) in [6.45, 7) is 4.13. The standard InChI is InChI=1S/C19H29N3O.2ClH/c1-21(19(23)17-7-8-18(20)11-17)12-16-9-10-22(14-16)13-15-5-3-2-4-6-15;;/h2-6,16-18H,7-14,20H2,1H3;2*1H. The van der Waals surface area contributed by atoms with Crippen LogP contribution in [0.3, 0.4) is 0 Å². The Hall–Kier alpha value is -0.810. The monoisotopic (exact) mass is 387 g/mol. The van der Waals surface area contributed by atoms with E-state index in [0.29, 0.717) is 11.8 Å². The van der Waals surface area contributed by atoms with E-state index in [-0.39, 0.29) is 36.8 Å². The summed E-state index contributed by atoms with van der Waals surface area (Å²) in [6.07, 6.45) is 4.02. The molecule has 3 unspecified atom stereocenters. The molecule has 3 atom stereocenters. The quantitative estimate of drug-likeness (QED) is 0.844. The van der Waals surface area contributed by atoms with Crippen molar-refractivity contribution in [3.8, 4) is 0 Å². The van der Waals surface area contributed by atoms with Crippen LogP contribution < -0.4 is 5.73 Å². The maximum Gasteiger partial charge on any atom is 0.225 e. The van der Waals surface area contributed by atoms with E-state index in [2.05, 4.69) is 35.2 Å². The second-order valence-corrected chi connectivity index (χ2v) is 7.36. The van der Waals surface area contributed by atoms with Crippen molar-refractivity contribution in [2.45, 2.75) is 38.3 Å². The van der Waals surface area contributed by atoms with Gasteiger partial charge in [0.05, 0.1) is 0 Å². The molecule has 1 saturated carbocycles. The second kappa shape index (κ2) is 10.4. The Balaban J connectivity index is 0.00000156. The number of nitrogens with two attached hydrogens (primary N) is 1. The van der Waals surface area contributed by atoms with Crippen molar-refractivity contribution in [3.63, 3.8) is 0 Å². The van der Waals surface area contributed by atoms with E-state index in [1.807, 2.05) is 11.9 Å². The summed E-state index contributed by atoms with van der Waals surface area (Å²) in [5.41, 5.74) is 7.31. The zero-order chi connectivity index (χ0) is 16.2. The molecule has 1 amide bonds. The van der Waals surface area contributed by atoms with E-state index in [0.717, 1.165) is 45.4 Å². The van der Waals surface area contributed by atoms with Gasteiger partial charge in [0.1, 0.15) is 0 Å². The molecule has 0 spiro atoms. The Bertz CT molecular complexity index is 529. The van der Waals surface area contributed by atoms with Crippen molar-refractivity contribution in [1.82, 2.24) is 9.80 Å². The van der Waals surface area contributed by atoms with Crippen LogP contribution in [0.15, 0.2) is 30.3 Å². The number of carbonyl (C=O) groups is 1. The number of nitrogens with zero attached hydrogens (tertiary/aromatic N) is 2. The van der Waals surface area contributed by atoms with Gasteiger partial charge in [-0.25, -0.2) is 0 Å². The predicted octanol–water partition coefficient (Wildman–Crippen LogP) is 2.94. The molecule has 1 heterocycles. The van der Waals surface area contributed by atoms with E-state index in [1.165, 1.54) is 12.0 Å². The fourth-order valence-electron chi connectivity index (χ4n) is 4.08. The minimum atomic E-state index is 0. The summed E-state index contributed by atoms with van der Waals surface area (Å²) in [5, 5.41) is 0. The van der Waals surface area contributed by atoms with Crippen LogP contribution in [0.4, 0.5) is 0 Å². The first-order valence-electron chi connectivity index (χ1n) is 8.88. The molecule has 2 N–H and O–H groups in total. The summed E-state index contributed by atoms with van der Waals surface area (Å²) in [6, 6.07) is 10.9. The highest BCUT2D eigenvalue weighted by Gasteiger charge is 2.31. The van der Waals surface area contributed by atoms with Gasteiger partial charge in [-0.1, -0.05) is 30.3 Å². The number of likely N-dealkylation sites (tertiary alicyclic amines) is 1. The molecule has 6 heteroatoms. The average Bonchev–Trinajstić information content (AvgIpc) is 3.17. The van der Waals surface area contributed by atoms with E-state index in [9.17, 15) is 4.79 Å². The lowest BCUT2D eigenvalue weighted by Crippen LogP contribution is -2.37. The van der Waals surface area contributed by atoms with Gasteiger partial charge in [-0.05, 0) is 43.7 Å². The lowest BCUT2D eigenvalue weighted by molar-refractivity contribution is -0.134. The van der Waals surface area contributed by atoms with Crippen molar-refractivity contribution in [3.05, 3.63) is 35.9 Å². The Kier molecular flexibility index (Phi) is 9.22. The van der Waals surface area contributed by atoms with Crippen LogP contribution in [0.1, 0.15) is 31.2 Å². The number of halogens is 2. The third-order valence-electron chi connectivity index (χ3n) is 5.35. The van der Waals surface area contributed by atoms with Crippen molar-refractivity contribution >= 4 is 30.7 Å². The normalized spacial score (nSPS) is 25.9. The number of benzene rings is 1. The largest absolute Gasteiger partial charge is 0.345 e. The minimum Gasteiger partial charge on any atom is -0.345 e. The Morgan fingerprint density at radius 1 is 1.20 bits per heavy atom. The summed E-state index contributed by atoms with van der Waals surface area (Å²) in [7, 11) is 1.96. The number of carbonyl (C=O) groups excluding carboxylic acids is 1. The molecular weight excluding hydrogens is 357 g/mol. The van der Waals surface area contributed by atoms with Crippen LogP contribution in [-0.4, -0.2) is 48.4 Å². The molecule has 25 heavy (non-hydrogen) atoms. The molecule has 2 fully saturated rings. The highest BCUT2D eigenvalue weighted by Crippen LogP contribution is 2.27. The summed E-state index contributed by atoms with van der Waals surface area (Å²) in [4.78, 5) is 17.0. The van der Waals surface area contributed by atoms with Crippen LogP contribution in [0.2, 0.25) is 0 Å². The molecule has 1 saturated heterocycles. The minimum absolute atomic E-state index is 0. The van der Waals surface area contributed by atoms with Crippen molar-refractivity contribution in [2.75, 3.05) is 26.7 Å². The Labute approximate surface area is 163 Å². The van der Waals surface area contributed by atoms with Gasteiger partial charge in [-0.2, -0.15) is 0 Å². The zero-order valence-corrected chi connectivity index (χ0v) is 16.6. The Morgan fingerprint density at radius 2 is 1.92 bits per heavy atom. The predicted molar refractivity (Wildman–Crippen MR) is 107 cm³/mol. The number of rotatable bonds is 5. The number of hydrogen-bond acceptors (Lipinski definition) is 3. The van der Waals surface area contributed by atoms with Gasteiger partial charge in [-0.15, -0.1) is 24.8 Å². The van der Waals surface area contributed by atoms with Gasteiger partial charge < -0.3 is 10.6 Å². The number of amides is 1. The lowest BCUT2D eigenvalue weighted by Gasteiger charge is -2.24. The topological polar surface area (TPSA) is 49.6 Å². The first-order valence-corrected chi connectivity index (χ1v) is 8.88. The lowest BCUT2D eigenvalue weighted by atomic mass is 10.0. The molecule has 1 aliphatic carbocycles. The van der Waals surface area contributed by atoms with Crippen molar-refractivity contribution < 1.29 is 4.79 Å². The zero-order valence-electron chi connectivity index (χ0n) is 15.0. The molecule has 1 aromatic carbocycles. The van der Waals surface area contributed by atoms with Crippen LogP contribution >= 0.6 is 24.8 Å². The van der Waals surface area contributed by atoms with Crippen molar-refractivity contribution in [2.24, 2.45) is 17.6 Å². The van der Waals surface area contributed by atoms with E-state index >= 15 is 0 Å². The molecule has 3 rings (SSSR count). The molecule has 142 valence electrons. The first kappa shape index (κ1) is 22.2.